The summed E-state index contributed by atoms with van der Waals surface area (Å²) in [5.41, 5.74) is 6.89. The highest BCUT2D eigenvalue weighted by atomic mass is 16.5. The monoisotopic (exact) mass is 230 g/mol. The summed E-state index contributed by atoms with van der Waals surface area (Å²) < 4.78 is 5.51. The summed E-state index contributed by atoms with van der Waals surface area (Å²) >= 11 is 0. The van der Waals surface area contributed by atoms with Gasteiger partial charge in [-0.15, -0.1) is 0 Å². The molecule has 4 nitrogen and oxygen atoms in total. The number of nitrogens with two attached hydrogens (primary N) is 1. The Labute approximate surface area is 99.7 Å². The largest absolute Gasteiger partial charge is 0.508 e. The van der Waals surface area contributed by atoms with E-state index in [-0.39, 0.29) is 11.8 Å². The standard InChI is InChI=1S/C13H14N2O2/c14-13(10-2-1-7-15-8-10)9-17-12-5-3-11(16)4-6-12/h1-8,13,16H,9,14H2. The van der Waals surface area contributed by atoms with Gasteiger partial charge in [0.1, 0.15) is 18.1 Å². The highest BCUT2D eigenvalue weighted by molar-refractivity contribution is 5.30. The number of aromatic hydroxyl groups is 1. The van der Waals surface area contributed by atoms with Gasteiger partial charge in [-0.3, -0.25) is 4.98 Å². The average Bonchev–Trinajstić information content (AvgIpc) is 2.39. The van der Waals surface area contributed by atoms with Crippen LogP contribution in [0.5, 0.6) is 11.5 Å². The predicted octanol–water partition coefficient (Wildman–Crippen LogP) is 1.87. The minimum atomic E-state index is -0.211. The molecule has 0 saturated heterocycles. The maximum absolute atomic E-state index is 9.12. The lowest BCUT2D eigenvalue weighted by Crippen LogP contribution is -2.19. The molecule has 0 aliphatic carbocycles. The van der Waals surface area contributed by atoms with Crippen LogP contribution >= 0.6 is 0 Å². The lowest BCUT2D eigenvalue weighted by molar-refractivity contribution is 0.290. The molecule has 1 atom stereocenters. The van der Waals surface area contributed by atoms with E-state index < -0.39 is 0 Å². The Morgan fingerprint density at radius 3 is 2.65 bits per heavy atom. The van der Waals surface area contributed by atoms with Crippen LogP contribution < -0.4 is 10.5 Å². The Bertz CT molecular complexity index is 457. The highest BCUT2D eigenvalue weighted by Crippen LogP contribution is 2.17. The number of rotatable bonds is 4. The molecule has 0 bridgehead atoms. The number of nitrogens with zero attached hydrogens (tertiary/aromatic N) is 1. The third-order valence-electron chi connectivity index (χ3n) is 2.38. The van der Waals surface area contributed by atoms with Gasteiger partial charge in [-0.2, -0.15) is 0 Å². The first-order valence-electron chi connectivity index (χ1n) is 5.33. The predicted molar refractivity (Wildman–Crippen MR) is 64.8 cm³/mol. The van der Waals surface area contributed by atoms with Gasteiger partial charge in [0.05, 0.1) is 6.04 Å². The van der Waals surface area contributed by atoms with Crippen LogP contribution in [-0.4, -0.2) is 16.7 Å². The quantitative estimate of drug-likeness (QED) is 0.841. The Morgan fingerprint density at radius 1 is 1.24 bits per heavy atom. The van der Waals surface area contributed by atoms with Crippen molar-refractivity contribution >= 4 is 0 Å². The molecule has 1 aromatic heterocycles. The van der Waals surface area contributed by atoms with E-state index >= 15 is 0 Å². The van der Waals surface area contributed by atoms with Crippen molar-refractivity contribution in [1.29, 1.82) is 0 Å². The molecule has 17 heavy (non-hydrogen) atoms. The Balaban J connectivity index is 1.92. The van der Waals surface area contributed by atoms with E-state index in [1.807, 2.05) is 12.1 Å². The van der Waals surface area contributed by atoms with Crippen molar-refractivity contribution in [2.75, 3.05) is 6.61 Å². The Kier molecular flexibility index (Phi) is 3.57. The summed E-state index contributed by atoms with van der Waals surface area (Å²) in [6.45, 7) is 0.371. The SMILES string of the molecule is NC(COc1ccc(O)cc1)c1cccnc1. The second-order valence-corrected chi connectivity index (χ2v) is 3.70. The number of benzene rings is 1. The average molecular weight is 230 g/mol. The molecule has 4 heteroatoms. The van der Waals surface area contributed by atoms with Gasteiger partial charge in [0.25, 0.3) is 0 Å². The molecule has 0 aliphatic heterocycles. The topological polar surface area (TPSA) is 68.4 Å². The maximum atomic E-state index is 9.12. The molecule has 0 aliphatic rings. The molecule has 0 radical (unpaired) electrons. The smallest absolute Gasteiger partial charge is 0.119 e. The molecule has 1 unspecified atom stereocenters. The molecule has 2 rings (SSSR count). The lowest BCUT2D eigenvalue weighted by Gasteiger charge is -2.13. The van der Waals surface area contributed by atoms with Gasteiger partial charge in [-0.25, -0.2) is 0 Å². The molecule has 2 aromatic rings. The third kappa shape index (κ3) is 3.19. The van der Waals surface area contributed by atoms with Gasteiger partial charge >= 0.3 is 0 Å². The first-order chi connectivity index (χ1) is 8.25. The zero-order chi connectivity index (χ0) is 12.1. The van der Waals surface area contributed by atoms with Gasteiger partial charge in [0, 0.05) is 12.4 Å². The van der Waals surface area contributed by atoms with E-state index in [1.165, 1.54) is 0 Å². The first-order valence-corrected chi connectivity index (χ1v) is 5.33. The van der Waals surface area contributed by atoms with Crippen LogP contribution in [0.2, 0.25) is 0 Å². The fourth-order valence-corrected chi connectivity index (χ4v) is 1.42. The summed E-state index contributed by atoms with van der Waals surface area (Å²) in [7, 11) is 0. The van der Waals surface area contributed by atoms with E-state index in [4.69, 9.17) is 15.6 Å². The van der Waals surface area contributed by atoms with Gasteiger partial charge in [-0.1, -0.05) is 6.07 Å². The maximum Gasteiger partial charge on any atom is 0.119 e. The zero-order valence-corrected chi connectivity index (χ0v) is 9.28. The van der Waals surface area contributed by atoms with Crippen LogP contribution in [0.1, 0.15) is 11.6 Å². The molecule has 0 saturated carbocycles. The van der Waals surface area contributed by atoms with Gasteiger partial charge in [0.2, 0.25) is 0 Å². The summed E-state index contributed by atoms with van der Waals surface area (Å²) in [5, 5.41) is 9.12. The van der Waals surface area contributed by atoms with Crippen LogP contribution in [0.25, 0.3) is 0 Å². The van der Waals surface area contributed by atoms with Crippen LogP contribution in [-0.2, 0) is 0 Å². The number of ether oxygens (including phenoxy) is 1. The van der Waals surface area contributed by atoms with E-state index in [1.54, 1.807) is 36.7 Å². The van der Waals surface area contributed by atoms with E-state index in [9.17, 15) is 0 Å². The first kappa shape index (κ1) is 11.4. The van der Waals surface area contributed by atoms with Gasteiger partial charge in [0.15, 0.2) is 0 Å². The number of aromatic nitrogens is 1. The molecule has 88 valence electrons. The number of hydrogen-bond acceptors (Lipinski definition) is 4. The molecule has 3 N–H and O–H groups in total. The fourth-order valence-electron chi connectivity index (χ4n) is 1.42. The van der Waals surface area contributed by atoms with Crippen molar-refractivity contribution < 1.29 is 9.84 Å². The number of hydrogen-bond donors (Lipinski definition) is 2. The molecule has 0 fully saturated rings. The minimum absolute atomic E-state index is 0.211. The third-order valence-corrected chi connectivity index (χ3v) is 2.38. The summed E-state index contributed by atoms with van der Waals surface area (Å²) in [6, 6.07) is 10.1. The second kappa shape index (κ2) is 5.32. The molecule has 0 spiro atoms. The molecular weight excluding hydrogens is 216 g/mol. The number of phenols is 1. The van der Waals surface area contributed by atoms with E-state index in [0.717, 1.165) is 5.56 Å². The number of phenolic OH excluding ortho intramolecular Hbond substituents is 1. The molecular formula is C13H14N2O2. The van der Waals surface area contributed by atoms with Crippen LogP contribution in [0.15, 0.2) is 48.8 Å². The molecule has 1 heterocycles. The fraction of sp³-hybridized carbons (Fsp3) is 0.154. The molecule has 0 amide bonds. The van der Waals surface area contributed by atoms with Crippen molar-refractivity contribution in [3.8, 4) is 11.5 Å². The molecule has 1 aromatic carbocycles. The van der Waals surface area contributed by atoms with Crippen molar-refractivity contribution in [3.05, 3.63) is 54.4 Å². The van der Waals surface area contributed by atoms with Crippen LogP contribution in [0.4, 0.5) is 0 Å². The van der Waals surface area contributed by atoms with Gasteiger partial charge < -0.3 is 15.6 Å². The van der Waals surface area contributed by atoms with Crippen molar-refractivity contribution in [2.45, 2.75) is 6.04 Å². The lowest BCUT2D eigenvalue weighted by atomic mass is 10.1. The summed E-state index contributed by atoms with van der Waals surface area (Å²) in [5.74, 6) is 0.899. The van der Waals surface area contributed by atoms with Crippen molar-refractivity contribution in [1.82, 2.24) is 4.98 Å². The Hall–Kier alpha value is -2.07. The van der Waals surface area contributed by atoms with Crippen LogP contribution in [0.3, 0.4) is 0 Å². The second-order valence-electron chi connectivity index (χ2n) is 3.70. The highest BCUT2D eigenvalue weighted by Gasteiger charge is 2.06. The van der Waals surface area contributed by atoms with E-state index in [2.05, 4.69) is 4.98 Å². The van der Waals surface area contributed by atoms with E-state index in [0.29, 0.717) is 12.4 Å². The van der Waals surface area contributed by atoms with Crippen molar-refractivity contribution in [2.24, 2.45) is 5.73 Å². The normalized spacial score (nSPS) is 12.1. The minimum Gasteiger partial charge on any atom is -0.508 e. The van der Waals surface area contributed by atoms with Crippen molar-refractivity contribution in [3.63, 3.8) is 0 Å². The zero-order valence-electron chi connectivity index (χ0n) is 9.28. The van der Waals surface area contributed by atoms with Crippen LogP contribution in [0, 0.1) is 0 Å². The summed E-state index contributed by atoms with van der Waals surface area (Å²) in [4.78, 5) is 4.00. The summed E-state index contributed by atoms with van der Waals surface area (Å²) in [6.07, 6.45) is 3.43. The van der Waals surface area contributed by atoms with Gasteiger partial charge in [-0.05, 0) is 35.9 Å². The number of pyridine rings is 1. The Morgan fingerprint density at radius 2 is 2.00 bits per heavy atom.